The van der Waals surface area contributed by atoms with Gasteiger partial charge in [0, 0.05) is 12.6 Å². The average Bonchev–Trinajstić information content (AvgIpc) is 2.37. The molecule has 0 aliphatic carbocycles. The fraction of sp³-hybridized carbons (Fsp3) is 0.455. The SMILES string of the molecule is CCCN(CC(=O)OC)c1ncc([N+](=O)[O-])cc1Br. The molecule has 1 rings (SSSR count). The third-order valence-corrected chi connectivity index (χ3v) is 2.94. The summed E-state index contributed by atoms with van der Waals surface area (Å²) in [5, 5.41) is 10.6. The predicted molar refractivity (Wildman–Crippen MR) is 73.1 cm³/mol. The summed E-state index contributed by atoms with van der Waals surface area (Å²) in [7, 11) is 1.31. The molecule has 0 saturated carbocycles. The molecule has 0 aliphatic heterocycles. The second kappa shape index (κ2) is 7.03. The van der Waals surface area contributed by atoms with Crippen LogP contribution < -0.4 is 4.90 Å². The number of hydrogen-bond donors (Lipinski definition) is 0. The number of hydrogen-bond acceptors (Lipinski definition) is 6. The number of carbonyl (C=O) groups is 1. The van der Waals surface area contributed by atoms with E-state index in [9.17, 15) is 14.9 Å². The highest BCUT2D eigenvalue weighted by molar-refractivity contribution is 9.10. The van der Waals surface area contributed by atoms with Gasteiger partial charge in [0.05, 0.1) is 16.5 Å². The first kappa shape index (κ1) is 15.4. The molecule has 19 heavy (non-hydrogen) atoms. The van der Waals surface area contributed by atoms with Crippen molar-refractivity contribution in [2.75, 3.05) is 25.1 Å². The Morgan fingerprint density at radius 1 is 1.63 bits per heavy atom. The van der Waals surface area contributed by atoms with Gasteiger partial charge in [0.1, 0.15) is 18.6 Å². The summed E-state index contributed by atoms with van der Waals surface area (Å²) in [6.45, 7) is 2.61. The molecule has 0 amide bonds. The van der Waals surface area contributed by atoms with Crippen LogP contribution in [0.1, 0.15) is 13.3 Å². The fourth-order valence-corrected chi connectivity index (χ4v) is 2.09. The average molecular weight is 332 g/mol. The molecule has 104 valence electrons. The minimum atomic E-state index is -0.522. The number of pyridine rings is 1. The topological polar surface area (TPSA) is 85.6 Å². The van der Waals surface area contributed by atoms with E-state index in [1.54, 1.807) is 4.90 Å². The molecular formula is C11H14BrN3O4. The number of halogens is 1. The number of ether oxygens (including phenoxy) is 1. The summed E-state index contributed by atoms with van der Waals surface area (Å²) in [5.41, 5.74) is -0.106. The second-order valence-corrected chi connectivity index (χ2v) is 4.61. The molecule has 1 heterocycles. The maximum absolute atomic E-state index is 11.3. The van der Waals surface area contributed by atoms with Crippen LogP contribution in [-0.4, -0.2) is 36.1 Å². The summed E-state index contributed by atoms with van der Waals surface area (Å²) in [6.07, 6.45) is 1.97. The molecular weight excluding hydrogens is 318 g/mol. The van der Waals surface area contributed by atoms with Crippen molar-refractivity contribution in [3.05, 3.63) is 26.9 Å². The summed E-state index contributed by atoms with van der Waals surface area (Å²) < 4.78 is 5.09. The lowest BCUT2D eigenvalue weighted by molar-refractivity contribution is -0.385. The second-order valence-electron chi connectivity index (χ2n) is 3.75. The number of nitrogens with zero attached hydrogens (tertiary/aromatic N) is 3. The van der Waals surface area contributed by atoms with Crippen molar-refractivity contribution >= 4 is 33.4 Å². The minimum Gasteiger partial charge on any atom is -0.468 e. The molecule has 7 nitrogen and oxygen atoms in total. The molecule has 1 aromatic rings. The molecule has 0 N–H and O–H groups in total. The Kier molecular flexibility index (Phi) is 5.68. The van der Waals surface area contributed by atoms with Crippen LogP contribution in [-0.2, 0) is 9.53 Å². The molecule has 0 bridgehead atoms. The van der Waals surface area contributed by atoms with Crippen molar-refractivity contribution in [1.29, 1.82) is 0 Å². The van der Waals surface area contributed by atoms with Gasteiger partial charge in [0.25, 0.3) is 5.69 Å². The van der Waals surface area contributed by atoms with Gasteiger partial charge < -0.3 is 9.64 Å². The molecule has 0 saturated heterocycles. The van der Waals surface area contributed by atoms with Crippen molar-refractivity contribution in [3.8, 4) is 0 Å². The van der Waals surface area contributed by atoms with Crippen molar-refractivity contribution in [2.24, 2.45) is 0 Å². The Balaban J connectivity index is 3.02. The smallest absolute Gasteiger partial charge is 0.325 e. The molecule has 0 atom stereocenters. The molecule has 0 radical (unpaired) electrons. The van der Waals surface area contributed by atoms with Gasteiger partial charge in [0.15, 0.2) is 0 Å². The maximum atomic E-state index is 11.3. The lowest BCUT2D eigenvalue weighted by Gasteiger charge is -2.22. The van der Waals surface area contributed by atoms with Crippen LogP contribution >= 0.6 is 15.9 Å². The number of rotatable bonds is 6. The highest BCUT2D eigenvalue weighted by Crippen LogP contribution is 2.27. The van der Waals surface area contributed by atoms with E-state index in [1.165, 1.54) is 19.4 Å². The van der Waals surface area contributed by atoms with Crippen LogP contribution in [0.3, 0.4) is 0 Å². The van der Waals surface area contributed by atoms with Gasteiger partial charge in [0.2, 0.25) is 0 Å². The normalized spacial score (nSPS) is 10.1. The number of aromatic nitrogens is 1. The quantitative estimate of drug-likeness (QED) is 0.451. The van der Waals surface area contributed by atoms with Crippen LogP contribution in [0.4, 0.5) is 11.5 Å². The summed E-state index contributed by atoms with van der Waals surface area (Å²) in [5.74, 6) is 0.0957. The maximum Gasteiger partial charge on any atom is 0.325 e. The first-order valence-electron chi connectivity index (χ1n) is 5.61. The van der Waals surface area contributed by atoms with Gasteiger partial charge in [-0.25, -0.2) is 4.98 Å². The van der Waals surface area contributed by atoms with Crippen molar-refractivity contribution in [1.82, 2.24) is 4.98 Å². The fourth-order valence-electron chi connectivity index (χ4n) is 1.50. The van der Waals surface area contributed by atoms with Gasteiger partial charge in [-0.2, -0.15) is 0 Å². The zero-order chi connectivity index (χ0) is 14.4. The van der Waals surface area contributed by atoms with Gasteiger partial charge in [-0.15, -0.1) is 0 Å². The molecule has 0 unspecified atom stereocenters. The van der Waals surface area contributed by atoms with Crippen LogP contribution in [0, 0.1) is 10.1 Å². The van der Waals surface area contributed by atoms with Gasteiger partial charge in [-0.05, 0) is 22.4 Å². The highest BCUT2D eigenvalue weighted by Gasteiger charge is 2.18. The van der Waals surface area contributed by atoms with E-state index in [4.69, 9.17) is 0 Å². The molecule has 8 heteroatoms. The molecule has 0 spiro atoms. The summed E-state index contributed by atoms with van der Waals surface area (Å²) in [6, 6.07) is 1.36. The number of methoxy groups -OCH3 is 1. The van der Waals surface area contributed by atoms with Crippen LogP contribution in [0.25, 0.3) is 0 Å². The Morgan fingerprint density at radius 2 is 2.32 bits per heavy atom. The molecule has 0 aromatic carbocycles. The molecule has 0 aliphatic rings. The monoisotopic (exact) mass is 331 g/mol. The Bertz CT molecular complexity index is 481. The Morgan fingerprint density at radius 3 is 2.79 bits per heavy atom. The van der Waals surface area contributed by atoms with Gasteiger partial charge >= 0.3 is 5.97 Å². The standard InChI is InChI=1S/C11H14BrN3O4/c1-3-4-14(7-10(16)19-2)11-9(12)5-8(6-13-11)15(17)18/h5-6H,3-4,7H2,1-2H3. The van der Waals surface area contributed by atoms with E-state index in [1.807, 2.05) is 6.92 Å². The zero-order valence-electron chi connectivity index (χ0n) is 10.6. The van der Waals surface area contributed by atoms with E-state index in [2.05, 4.69) is 25.7 Å². The van der Waals surface area contributed by atoms with E-state index >= 15 is 0 Å². The van der Waals surface area contributed by atoms with E-state index in [0.29, 0.717) is 16.8 Å². The third kappa shape index (κ3) is 4.16. The largest absolute Gasteiger partial charge is 0.468 e. The Labute approximate surface area is 118 Å². The number of nitro groups is 1. The first-order chi connectivity index (χ1) is 8.99. The minimum absolute atomic E-state index is 0.0494. The van der Waals surface area contributed by atoms with E-state index in [0.717, 1.165) is 6.42 Å². The number of carbonyl (C=O) groups excluding carboxylic acids is 1. The predicted octanol–water partition coefficient (Wildman–Crippen LogP) is 2.14. The zero-order valence-corrected chi connectivity index (χ0v) is 12.2. The lowest BCUT2D eigenvalue weighted by Crippen LogP contribution is -2.32. The van der Waals surface area contributed by atoms with Crippen LogP contribution in [0.2, 0.25) is 0 Å². The highest BCUT2D eigenvalue weighted by atomic mass is 79.9. The summed E-state index contributed by atoms with van der Waals surface area (Å²) in [4.78, 5) is 27.2. The van der Waals surface area contributed by atoms with Crippen molar-refractivity contribution in [2.45, 2.75) is 13.3 Å². The van der Waals surface area contributed by atoms with Crippen molar-refractivity contribution < 1.29 is 14.5 Å². The van der Waals surface area contributed by atoms with Crippen LogP contribution in [0.15, 0.2) is 16.7 Å². The van der Waals surface area contributed by atoms with Crippen molar-refractivity contribution in [3.63, 3.8) is 0 Å². The number of esters is 1. The Hall–Kier alpha value is -1.70. The van der Waals surface area contributed by atoms with E-state index in [-0.39, 0.29) is 18.2 Å². The van der Waals surface area contributed by atoms with E-state index < -0.39 is 4.92 Å². The number of anilines is 1. The molecule has 0 fully saturated rings. The van der Waals surface area contributed by atoms with Crippen LogP contribution in [0.5, 0.6) is 0 Å². The van der Waals surface area contributed by atoms with Gasteiger partial charge in [-0.1, -0.05) is 6.92 Å². The molecule has 1 aromatic heterocycles. The summed E-state index contributed by atoms with van der Waals surface area (Å²) >= 11 is 3.24. The lowest BCUT2D eigenvalue weighted by atomic mass is 10.3. The first-order valence-corrected chi connectivity index (χ1v) is 6.40. The van der Waals surface area contributed by atoms with Gasteiger partial charge in [-0.3, -0.25) is 14.9 Å². The third-order valence-electron chi connectivity index (χ3n) is 2.36.